The molecule has 0 aliphatic heterocycles. The van der Waals surface area contributed by atoms with Crippen molar-refractivity contribution in [1.29, 1.82) is 0 Å². The van der Waals surface area contributed by atoms with Gasteiger partial charge in [-0.25, -0.2) is 0 Å². The maximum atomic E-state index is 12.4. The topological polar surface area (TPSA) is 9.23 Å². The van der Waals surface area contributed by atoms with Crippen LogP contribution < -0.4 is 4.74 Å². The molecule has 4 heteroatoms. The lowest BCUT2D eigenvalue weighted by atomic mass is 10.1. The van der Waals surface area contributed by atoms with Gasteiger partial charge in [-0.15, -0.1) is 0 Å². The molecule has 0 atom stereocenters. The molecule has 0 aliphatic rings. The predicted molar refractivity (Wildman–Crippen MR) is 54.1 cm³/mol. The predicted octanol–water partition coefficient (Wildman–Crippen LogP) is 4.05. The minimum absolute atomic E-state index is 0.132. The molecule has 86 valence electrons. The van der Waals surface area contributed by atoms with Gasteiger partial charge in [-0.05, 0) is 18.6 Å². The second-order valence-corrected chi connectivity index (χ2v) is 2.65. The molecule has 1 aromatic rings. The fourth-order valence-electron chi connectivity index (χ4n) is 1.17. The number of hydrogen-bond acceptors (Lipinski definition) is 1. The normalized spacial score (nSPS) is 10.3. The Balaban J connectivity index is 0.000000921. The summed E-state index contributed by atoms with van der Waals surface area (Å²) in [5.41, 5.74) is -0.524. The number of benzene rings is 1. The summed E-state index contributed by atoms with van der Waals surface area (Å²) in [6.07, 6.45) is -4.35. The molecule has 0 saturated heterocycles. The first kappa shape index (κ1) is 13.8. The zero-order valence-corrected chi connectivity index (χ0v) is 9.27. The highest BCUT2D eigenvalue weighted by molar-refractivity contribution is 5.41. The first-order chi connectivity index (χ1) is 6.96. The van der Waals surface area contributed by atoms with E-state index < -0.39 is 11.7 Å². The van der Waals surface area contributed by atoms with Crippen molar-refractivity contribution in [2.24, 2.45) is 0 Å². The van der Waals surface area contributed by atoms with E-state index in [4.69, 9.17) is 0 Å². The molecular weight excluding hydrogens is 205 g/mol. The summed E-state index contributed by atoms with van der Waals surface area (Å²) in [6.45, 7) is 5.41. The van der Waals surface area contributed by atoms with Crippen LogP contribution in [0.15, 0.2) is 18.2 Å². The van der Waals surface area contributed by atoms with Crippen LogP contribution in [0, 0.1) is 6.92 Å². The molecule has 1 rings (SSSR count). The summed E-state index contributed by atoms with van der Waals surface area (Å²) in [5, 5.41) is 0. The largest absolute Gasteiger partial charge is 0.496 e. The summed E-state index contributed by atoms with van der Waals surface area (Å²) < 4.78 is 41.9. The third-order valence-electron chi connectivity index (χ3n) is 1.74. The number of halogens is 3. The monoisotopic (exact) mass is 220 g/mol. The Hall–Kier alpha value is -1.19. The van der Waals surface area contributed by atoms with Crippen molar-refractivity contribution < 1.29 is 17.9 Å². The number of alkyl halides is 3. The minimum atomic E-state index is -4.35. The summed E-state index contributed by atoms with van der Waals surface area (Å²) >= 11 is 0. The second-order valence-electron chi connectivity index (χ2n) is 2.65. The molecule has 0 radical (unpaired) electrons. The lowest BCUT2D eigenvalue weighted by molar-refractivity contribution is -0.139. The van der Waals surface area contributed by atoms with Gasteiger partial charge in [-0.2, -0.15) is 13.2 Å². The molecule has 0 saturated carbocycles. The maximum Gasteiger partial charge on any atom is 0.420 e. The molecule has 15 heavy (non-hydrogen) atoms. The van der Waals surface area contributed by atoms with Crippen LogP contribution in [0.25, 0.3) is 0 Å². The Bertz CT molecular complexity index is 305. The van der Waals surface area contributed by atoms with E-state index in [1.807, 2.05) is 13.8 Å². The maximum absolute atomic E-state index is 12.4. The molecule has 0 aromatic heterocycles. The first-order valence-electron chi connectivity index (χ1n) is 4.67. The molecule has 0 unspecified atom stereocenters. The SMILES string of the molecule is CC.COc1cccc(C)c1C(F)(F)F. The van der Waals surface area contributed by atoms with E-state index in [-0.39, 0.29) is 11.3 Å². The Morgan fingerprint density at radius 1 is 1.13 bits per heavy atom. The van der Waals surface area contributed by atoms with Crippen molar-refractivity contribution in [2.75, 3.05) is 7.11 Å². The van der Waals surface area contributed by atoms with Gasteiger partial charge in [-0.1, -0.05) is 26.0 Å². The summed E-state index contributed by atoms with van der Waals surface area (Å²) in [6, 6.07) is 4.24. The van der Waals surface area contributed by atoms with E-state index in [0.29, 0.717) is 0 Å². The Morgan fingerprint density at radius 2 is 1.67 bits per heavy atom. The van der Waals surface area contributed by atoms with Gasteiger partial charge in [0.05, 0.1) is 7.11 Å². The smallest absolute Gasteiger partial charge is 0.420 e. The molecule has 1 aromatic carbocycles. The molecule has 0 N–H and O–H groups in total. The average molecular weight is 220 g/mol. The Kier molecular flexibility index (Phi) is 5.19. The van der Waals surface area contributed by atoms with Crippen LogP contribution in [0.4, 0.5) is 13.2 Å². The van der Waals surface area contributed by atoms with Gasteiger partial charge >= 0.3 is 6.18 Å². The van der Waals surface area contributed by atoms with E-state index in [1.165, 1.54) is 32.2 Å². The van der Waals surface area contributed by atoms with Gasteiger partial charge in [0.15, 0.2) is 0 Å². The van der Waals surface area contributed by atoms with Gasteiger partial charge in [0.1, 0.15) is 11.3 Å². The molecule has 1 nitrogen and oxygen atoms in total. The zero-order valence-electron chi connectivity index (χ0n) is 9.27. The van der Waals surface area contributed by atoms with Gasteiger partial charge in [0.2, 0.25) is 0 Å². The number of methoxy groups -OCH3 is 1. The van der Waals surface area contributed by atoms with Crippen LogP contribution >= 0.6 is 0 Å². The Morgan fingerprint density at radius 3 is 2.00 bits per heavy atom. The van der Waals surface area contributed by atoms with E-state index in [9.17, 15) is 13.2 Å². The van der Waals surface area contributed by atoms with Gasteiger partial charge in [-0.3, -0.25) is 0 Å². The van der Waals surface area contributed by atoms with Crippen LogP contribution in [0.1, 0.15) is 25.0 Å². The van der Waals surface area contributed by atoms with Crippen molar-refractivity contribution in [1.82, 2.24) is 0 Å². The van der Waals surface area contributed by atoms with Crippen molar-refractivity contribution in [3.63, 3.8) is 0 Å². The van der Waals surface area contributed by atoms with Gasteiger partial charge in [0.25, 0.3) is 0 Å². The number of rotatable bonds is 1. The lowest BCUT2D eigenvalue weighted by Gasteiger charge is -2.13. The van der Waals surface area contributed by atoms with Crippen LogP contribution in [0.2, 0.25) is 0 Å². The lowest BCUT2D eigenvalue weighted by Crippen LogP contribution is -2.09. The molecular formula is C11H15F3O. The summed E-state index contributed by atoms with van der Waals surface area (Å²) in [4.78, 5) is 0. The summed E-state index contributed by atoms with van der Waals surface area (Å²) in [7, 11) is 1.23. The van der Waals surface area contributed by atoms with Crippen LogP contribution in [0.3, 0.4) is 0 Å². The fourth-order valence-corrected chi connectivity index (χ4v) is 1.17. The highest BCUT2D eigenvalue weighted by atomic mass is 19.4. The van der Waals surface area contributed by atoms with E-state index in [2.05, 4.69) is 4.74 Å². The molecule has 0 aliphatic carbocycles. The number of ether oxygens (including phenoxy) is 1. The van der Waals surface area contributed by atoms with Crippen molar-refractivity contribution >= 4 is 0 Å². The average Bonchev–Trinajstić information content (AvgIpc) is 2.18. The quantitative estimate of drug-likeness (QED) is 0.693. The van der Waals surface area contributed by atoms with Crippen molar-refractivity contribution in [3.05, 3.63) is 29.3 Å². The molecule has 0 heterocycles. The first-order valence-corrected chi connectivity index (χ1v) is 4.67. The standard InChI is InChI=1S/C9H9F3O.C2H6/c1-6-4-3-5-7(13-2)8(6)9(10,11)12;1-2/h3-5H,1-2H3;1-2H3. The van der Waals surface area contributed by atoms with E-state index >= 15 is 0 Å². The molecule has 0 amide bonds. The van der Waals surface area contributed by atoms with Crippen molar-refractivity contribution in [3.8, 4) is 5.75 Å². The highest BCUT2D eigenvalue weighted by Gasteiger charge is 2.35. The fraction of sp³-hybridized carbons (Fsp3) is 0.455. The van der Waals surface area contributed by atoms with E-state index in [0.717, 1.165) is 0 Å². The van der Waals surface area contributed by atoms with Crippen molar-refractivity contribution in [2.45, 2.75) is 26.9 Å². The van der Waals surface area contributed by atoms with Gasteiger partial charge < -0.3 is 4.74 Å². The zero-order chi connectivity index (χ0) is 12.1. The van der Waals surface area contributed by atoms with Crippen LogP contribution in [0.5, 0.6) is 5.75 Å². The third-order valence-corrected chi connectivity index (χ3v) is 1.74. The van der Waals surface area contributed by atoms with Crippen LogP contribution in [-0.2, 0) is 6.18 Å². The highest BCUT2D eigenvalue weighted by Crippen LogP contribution is 2.38. The third kappa shape index (κ3) is 3.46. The number of aryl methyl sites for hydroxylation is 1. The molecule has 0 fully saturated rings. The molecule has 0 spiro atoms. The van der Waals surface area contributed by atoms with Gasteiger partial charge in [0, 0.05) is 0 Å². The second kappa shape index (κ2) is 5.63. The Labute approximate surface area is 87.9 Å². The molecule has 0 bridgehead atoms. The van der Waals surface area contributed by atoms with E-state index in [1.54, 1.807) is 0 Å². The number of hydrogen-bond donors (Lipinski definition) is 0. The minimum Gasteiger partial charge on any atom is -0.496 e. The summed E-state index contributed by atoms with van der Waals surface area (Å²) in [5.74, 6) is -0.132. The van der Waals surface area contributed by atoms with Crippen LogP contribution in [-0.4, -0.2) is 7.11 Å².